The van der Waals surface area contributed by atoms with Crippen LogP contribution in [0.5, 0.6) is 5.95 Å². The highest BCUT2D eigenvalue weighted by Crippen LogP contribution is 2.32. The van der Waals surface area contributed by atoms with E-state index in [1.807, 2.05) is 18.2 Å². The van der Waals surface area contributed by atoms with Crippen LogP contribution in [0.4, 0.5) is 0 Å². The van der Waals surface area contributed by atoms with Gasteiger partial charge in [-0.2, -0.15) is 0 Å². The summed E-state index contributed by atoms with van der Waals surface area (Å²) in [5.41, 5.74) is 0. The highest BCUT2D eigenvalue weighted by atomic mass is 32.1. The number of hydrogen-bond donors (Lipinski definition) is 1. The number of carbonyl (C=O) groups is 1. The van der Waals surface area contributed by atoms with Crippen LogP contribution in [-0.4, -0.2) is 43.6 Å². The Kier molecular flexibility index (Phi) is 3.87. The maximum Gasteiger partial charge on any atom is 0.284 e. The predicted octanol–water partition coefficient (Wildman–Crippen LogP) is 2.84. The first kappa shape index (κ1) is 14.8. The average molecular weight is 332 g/mol. The molecule has 5 heterocycles. The normalized spacial score (nSPS) is 26.2. The molecule has 3 aliphatic heterocycles. The number of ether oxygens (including phenoxy) is 1. The van der Waals surface area contributed by atoms with Crippen molar-refractivity contribution < 1.29 is 13.9 Å². The number of rotatable bonds is 4. The number of fused-ring (bicyclic) bond motifs is 3. The quantitative estimate of drug-likeness (QED) is 0.935. The van der Waals surface area contributed by atoms with Crippen molar-refractivity contribution in [3.05, 3.63) is 29.1 Å². The fourth-order valence-corrected chi connectivity index (χ4v) is 4.39. The lowest BCUT2D eigenvalue weighted by molar-refractivity contribution is 0.0622. The Morgan fingerprint density at radius 1 is 1.30 bits per heavy atom. The number of carbonyl (C=O) groups excluding carboxylic acids is 1. The molecule has 0 spiro atoms. The Morgan fingerprint density at radius 3 is 2.78 bits per heavy atom. The first-order valence-corrected chi connectivity index (χ1v) is 8.82. The van der Waals surface area contributed by atoms with Crippen LogP contribution in [0.15, 0.2) is 28.7 Å². The highest BCUT2D eigenvalue weighted by Gasteiger charge is 2.35. The molecular formula is C17H20N2O3S. The smallest absolute Gasteiger partial charge is 0.284 e. The molecule has 23 heavy (non-hydrogen) atoms. The molecule has 3 aliphatic rings. The van der Waals surface area contributed by atoms with Gasteiger partial charge in [0.2, 0.25) is 0 Å². The zero-order valence-corrected chi connectivity index (χ0v) is 13.9. The zero-order chi connectivity index (χ0) is 15.8. The fourth-order valence-electron chi connectivity index (χ4n) is 3.52. The molecule has 2 aromatic heterocycles. The van der Waals surface area contributed by atoms with Crippen molar-refractivity contribution in [3.8, 4) is 16.6 Å². The van der Waals surface area contributed by atoms with Crippen LogP contribution in [0.2, 0.25) is 0 Å². The third kappa shape index (κ3) is 2.88. The van der Waals surface area contributed by atoms with Gasteiger partial charge in [-0.25, -0.2) is 0 Å². The monoisotopic (exact) mass is 332 g/mol. The summed E-state index contributed by atoms with van der Waals surface area (Å²) in [7, 11) is 1.57. The van der Waals surface area contributed by atoms with Crippen molar-refractivity contribution in [1.29, 1.82) is 0 Å². The molecule has 1 amide bonds. The molecule has 0 saturated carbocycles. The summed E-state index contributed by atoms with van der Waals surface area (Å²) < 4.78 is 10.6. The van der Waals surface area contributed by atoms with Gasteiger partial charge < -0.3 is 19.4 Å². The molecular weight excluding hydrogens is 312 g/mol. The number of thiophene rings is 1. The summed E-state index contributed by atoms with van der Waals surface area (Å²) in [6.45, 7) is 3.35. The Morgan fingerprint density at radius 2 is 2.13 bits per heavy atom. The lowest BCUT2D eigenvalue weighted by atomic mass is 9.84. The van der Waals surface area contributed by atoms with E-state index in [1.54, 1.807) is 13.2 Å². The topological polar surface area (TPSA) is 54.7 Å². The molecule has 0 radical (unpaired) electrons. The minimum Gasteiger partial charge on any atom is -0.468 e. The number of piperidine rings is 3. The third-order valence-corrected chi connectivity index (χ3v) is 5.93. The van der Waals surface area contributed by atoms with E-state index in [2.05, 4.69) is 10.2 Å². The summed E-state index contributed by atoms with van der Waals surface area (Å²) in [5, 5.41) is 3.22. The maximum absolute atomic E-state index is 12.5. The number of methoxy groups -OCH3 is 1. The summed E-state index contributed by atoms with van der Waals surface area (Å²) in [5.74, 6) is 1.87. The van der Waals surface area contributed by atoms with Crippen molar-refractivity contribution in [2.75, 3.05) is 26.7 Å². The van der Waals surface area contributed by atoms with Crippen LogP contribution in [0.25, 0.3) is 10.6 Å². The van der Waals surface area contributed by atoms with Crippen LogP contribution in [-0.2, 0) is 0 Å². The van der Waals surface area contributed by atoms with Crippen LogP contribution in [0, 0.1) is 5.92 Å². The molecule has 1 atom stereocenters. The second-order valence-electron chi connectivity index (χ2n) is 6.20. The Labute approximate surface area is 139 Å². The molecule has 6 heteroatoms. The molecule has 5 nitrogen and oxygen atoms in total. The van der Waals surface area contributed by atoms with Crippen LogP contribution in [0.3, 0.4) is 0 Å². The molecule has 0 aliphatic carbocycles. The SMILES string of the molecule is COc1ccc(-c2ccc(C(=O)NC3CN4CCC3CC4)s2)o1. The van der Waals surface area contributed by atoms with Crippen molar-refractivity contribution in [2.45, 2.75) is 18.9 Å². The van der Waals surface area contributed by atoms with Crippen LogP contribution < -0.4 is 10.1 Å². The van der Waals surface area contributed by atoms with E-state index in [4.69, 9.17) is 9.15 Å². The average Bonchev–Trinajstić information content (AvgIpc) is 3.25. The van der Waals surface area contributed by atoms with Gasteiger partial charge >= 0.3 is 0 Å². The predicted molar refractivity (Wildman–Crippen MR) is 89.0 cm³/mol. The zero-order valence-electron chi connectivity index (χ0n) is 13.1. The van der Waals surface area contributed by atoms with E-state index < -0.39 is 0 Å². The first-order chi connectivity index (χ1) is 11.2. The van der Waals surface area contributed by atoms with Gasteiger partial charge in [0.1, 0.15) is 5.76 Å². The van der Waals surface area contributed by atoms with Crippen molar-refractivity contribution in [3.63, 3.8) is 0 Å². The summed E-state index contributed by atoms with van der Waals surface area (Å²) in [4.78, 5) is 16.6. The van der Waals surface area contributed by atoms with Gasteiger partial charge in [-0.15, -0.1) is 11.3 Å². The Bertz CT molecular complexity index is 700. The number of hydrogen-bond acceptors (Lipinski definition) is 5. The summed E-state index contributed by atoms with van der Waals surface area (Å²) >= 11 is 1.45. The summed E-state index contributed by atoms with van der Waals surface area (Å²) in [6.07, 6.45) is 2.40. The van der Waals surface area contributed by atoms with E-state index >= 15 is 0 Å². The molecule has 3 saturated heterocycles. The van der Waals surface area contributed by atoms with Crippen molar-refractivity contribution in [2.24, 2.45) is 5.92 Å². The van der Waals surface area contributed by atoms with Gasteiger partial charge in [0, 0.05) is 18.7 Å². The minimum atomic E-state index is 0.0264. The van der Waals surface area contributed by atoms with Gasteiger partial charge in [-0.3, -0.25) is 4.79 Å². The fraction of sp³-hybridized carbons (Fsp3) is 0.471. The molecule has 1 N–H and O–H groups in total. The second kappa shape index (κ2) is 6.02. The molecule has 5 rings (SSSR count). The first-order valence-electron chi connectivity index (χ1n) is 8.00. The van der Waals surface area contributed by atoms with Gasteiger partial charge in [0.25, 0.3) is 11.9 Å². The van der Waals surface area contributed by atoms with E-state index in [0.29, 0.717) is 17.9 Å². The third-order valence-electron chi connectivity index (χ3n) is 4.83. The van der Waals surface area contributed by atoms with E-state index in [0.717, 1.165) is 22.1 Å². The standard InChI is InChI=1S/C17H20N2O3S/c1-21-16-5-2-13(22-16)14-3-4-15(23-14)17(20)18-12-10-19-8-6-11(12)7-9-19/h2-5,11-12H,6-10H2,1H3,(H,18,20). The number of amides is 1. The van der Waals surface area contributed by atoms with E-state index in [9.17, 15) is 4.79 Å². The number of nitrogens with one attached hydrogen (secondary N) is 1. The number of nitrogens with zero attached hydrogens (tertiary/aromatic N) is 1. The van der Waals surface area contributed by atoms with E-state index in [1.165, 1.54) is 37.3 Å². The molecule has 0 aromatic carbocycles. The van der Waals surface area contributed by atoms with Gasteiger partial charge in [0.15, 0.2) is 0 Å². The molecule has 3 fully saturated rings. The highest BCUT2D eigenvalue weighted by molar-refractivity contribution is 7.17. The largest absolute Gasteiger partial charge is 0.468 e. The minimum absolute atomic E-state index is 0.0264. The Balaban J connectivity index is 1.45. The molecule has 2 bridgehead atoms. The van der Waals surface area contributed by atoms with Crippen molar-refractivity contribution >= 4 is 17.2 Å². The van der Waals surface area contributed by atoms with E-state index in [-0.39, 0.29) is 5.91 Å². The molecule has 2 aromatic rings. The Hall–Kier alpha value is -1.79. The maximum atomic E-state index is 12.5. The second-order valence-corrected chi connectivity index (χ2v) is 7.29. The van der Waals surface area contributed by atoms with Gasteiger partial charge in [0.05, 0.1) is 16.9 Å². The lowest BCUT2D eigenvalue weighted by Gasteiger charge is -2.44. The van der Waals surface area contributed by atoms with Crippen LogP contribution in [0.1, 0.15) is 22.5 Å². The number of furan rings is 1. The van der Waals surface area contributed by atoms with Crippen molar-refractivity contribution in [1.82, 2.24) is 10.2 Å². The van der Waals surface area contributed by atoms with Gasteiger partial charge in [-0.05, 0) is 50.0 Å². The lowest BCUT2D eigenvalue weighted by Crippen LogP contribution is -2.57. The van der Waals surface area contributed by atoms with Gasteiger partial charge in [-0.1, -0.05) is 0 Å². The van der Waals surface area contributed by atoms with Crippen LogP contribution >= 0.6 is 11.3 Å². The summed E-state index contributed by atoms with van der Waals surface area (Å²) in [6, 6.07) is 7.72. The molecule has 122 valence electrons. The molecule has 1 unspecified atom stereocenters.